The van der Waals surface area contributed by atoms with E-state index >= 15 is 0 Å². The van der Waals surface area contributed by atoms with E-state index in [1.54, 1.807) is 37.8 Å². The van der Waals surface area contributed by atoms with Crippen molar-refractivity contribution in [3.05, 3.63) is 0 Å². The summed E-state index contributed by atoms with van der Waals surface area (Å²) in [4.78, 5) is 35.9. The van der Waals surface area contributed by atoms with Gasteiger partial charge in [0.1, 0.15) is 12.1 Å². The van der Waals surface area contributed by atoms with E-state index in [1.165, 1.54) is 5.01 Å². The lowest BCUT2D eigenvalue weighted by molar-refractivity contribution is -0.152. The summed E-state index contributed by atoms with van der Waals surface area (Å²) in [7, 11) is 3.38. The van der Waals surface area contributed by atoms with E-state index in [9.17, 15) is 14.4 Å². The Kier molecular flexibility index (Phi) is 10.7. The minimum Gasteiger partial charge on any atom is -0.464 e. The van der Waals surface area contributed by atoms with Crippen molar-refractivity contribution in [2.45, 2.75) is 39.3 Å². The Morgan fingerprint density at radius 1 is 1.30 bits per heavy atom. The number of ether oxygens (including phenoxy) is 1. The molecule has 0 heterocycles. The molecular weight excluding hydrogens is 318 g/mol. The first-order valence-electron chi connectivity index (χ1n) is 7.66. The van der Waals surface area contributed by atoms with E-state index < -0.39 is 18.1 Å². The minimum absolute atomic E-state index is 0.106. The molecule has 0 fully saturated rings. The first-order valence-corrected chi connectivity index (χ1v) is 9.06. The van der Waals surface area contributed by atoms with Gasteiger partial charge in [0.2, 0.25) is 12.3 Å². The molecule has 0 rings (SSSR count). The highest BCUT2D eigenvalue weighted by atomic mass is 32.2. The molecule has 134 valence electrons. The molecule has 0 saturated carbocycles. The maximum absolute atomic E-state index is 12.6. The van der Waals surface area contributed by atoms with Crippen LogP contribution in [-0.4, -0.2) is 73.1 Å². The zero-order chi connectivity index (χ0) is 18.0. The highest BCUT2D eigenvalue weighted by Gasteiger charge is 2.32. The van der Waals surface area contributed by atoms with Crippen LogP contribution in [0.15, 0.2) is 0 Å². The minimum atomic E-state index is -0.702. The molecule has 0 saturated heterocycles. The first kappa shape index (κ1) is 21.7. The van der Waals surface area contributed by atoms with E-state index in [4.69, 9.17) is 4.74 Å². The molecular formula is C15H29N3O4S. The van der Waals surface area contributed by atoms with Gasteiger partial charge in [-0.05, 0) is 31.3 Å². The van der Waals surface area contributed by atoms with Crippen molar-refractivity contribution in [1.82, 2.24) is 15.3 Å². The molecule has 2 amide bonds. The van der Waals surface area contributed by atoms with Crippen LogP contribution in [0.5, 0.6) is 0 Å². The van der Waals surface area contributed by atoms with Gasteiger partial charge in [0.15, 0.2) is 0 Å². The molecule has 23 heavy (non-hydrogen) atoms. The average molecular weight is 347 g/mol. The molecule has 0 aliphatic rings. The van der Waals surface area contributed by atoms with Gasteiger partial charge in [-0.25, -0.2) is 9.80 Å². The van der Waals surface area contributed by atoms with Crippen LogP contribution in [0.25, 0.3) is 0 Å². The Hall–Kier alpha value is -1.28. The summed E-state index contributed by atoms with van der Waals surface area (Å²) < 4.78 is 5.02. The molecule has 2 atom stereocenters. The molecule has 0 aromatic heterocycles. The van der Waals surface area contributed by atoms with Gasteiger partial charge in [-0.15, -0.1) is 0 Å². The number of hydrogen-bond donors (Lipinski definition) is 1. The number of hydrazine groups is 1. The summed E-state index contributed by atoms with van der Waals surface area (Å²) in [6.45, 7) is 5.69. The van der Waals surface area contributed by atoms with Gasteiger partial charge in [0.05, 0.1) is 6.61 Å². The molecule has 0 spiro atoms. The lowest BCUT2D eigenvalue weighted by Crippen LogP contribution is -2.57. The fourth-order valence-electron chi connectivity index (χ4n) is 2.12. The summed E-state index contributed by atoms with van der Waals surface area (Å²) in [5.41, 5.74) is 0. The number of hydrogen-bond acceptors (Lipinski definition) is 6. The van der Waals surface area contributed by atoms with Crippen LogP contribution >= 0.6 is 11.8 Å². The zero-order valence-electron chi connectivity index (χ0n) is 14.9. The molecule has 7 nitrogen and oxygen atoms in total. The van der Waals surface area contributed by atoms with Crippen LogP contribution in [0.3, 0.4) is 0 Å². The van der Waals surface area contributed by atoms with Crippen molar-refractivity contribution < 1.29 is 19.1 Å². The second-order valence-electron chi connectivity index (χ2n) is 5.62. The number of carbonyl (C=O) groups is 3. The quantitative estimate of drug-likeness (QED) is 0.337. The highest BCUT2D eigenvalue weighted by molar-refractivity contribution is 7.98. The third-order valence-electron chi connectivity index (χ3n) is 3.25. The van der Waals surface area contributed by atoms with Crippen LogP contribution in [0.4, 0.5) is 0 Å². The summed E-state index contributed by atoms with van der Waals surface area (Å²) in [6, 6.07) is -1.39. The van der Waals surface area contributed by atoms with Crippen molar-refractivity contribution in [2.75, 3.05) is 32.7 Å². The molecule has 0 aromatic rings. The van der Waals surface area contributed by atoms with Gasteiger partial charge >= 0.3 is 5.97 Å². The van der Waals surface area contributed by atoms with Gasteiger partial charge in [0.25, 0.3) is 0 Å². The van der Waals surface area contributed by atoms with Gasteiger partial charge in [0, 0.05) is 14.1 Å². The lowest BCUT2D eigenvalue weighted by atomic mass is 10.0. The highest BCUT2D eigenvalue weighted by Crippen LogP contribution is 2.12. The zero-order valence-corrected chi connectivity index (χ0v) is 15.7. The van der Waals surface area contributed by atoms with Gasteiger partial charge in [-0.2, -0.15) is 11.8 Å². The molecule has 1 N–H and O–H groups in total. The van der Waals surface area contributed by atoms with Crippen molar-refractivity contribution in [1.29, 1.82) is 0 Å². The van der Waals surface area contributed by atoms with Crippen LogP contribution in [0, 0.1) is 5.92 Å². The standard InChI is InChI=1S/C15H29N3O4S/c1-7-22-15(21)12(8-9-23-6)16-14(20)13(11(2)3)18(10-19)17(4)5/h10-13H,7-9H2,1-6H3,(H,16,20)/t12-,13-/m0/s1. The van der Waals surface area contributed by atoms with Crippen LogP contribution in [0.2, 0.25) is 0 Å². The lowest BCUT2D eigenvalue weighted by Gasteiger charge is -2.35. The predicted octanol–water partition coefficient (Wildman–Crippen LogP) is 0.747. The summed E-state index contributed by atoms with van der Waals surface area (Å²) in [5.74, 6) is -0.188. The SMILES string of the molecule is CCOC(=O)[C@H](CCSC)NC(=O)[C@H](C(C)C)N(C=O)N(C)C. The van der Waals surface area contributed by atoms with Crippen molar-refractivity contribution in [3.63, 3.8) is 0 Å². The Labute approximate surface area is 143 Å². The van der Waals surface area contributed by atoms with E-state index in [2.05, 4.69) is 5.32 Å². The maximum Gasteiger partial charge on any atom is 0.328 e. The van der Waals surface area contributed by atoms with Gasteiger partial charge in [-0.3, -0.25) is 14.6 Å². The van der Waals surface area contributed by atoms with Crippen molar-refractivity contribution in [3.8, 4) is 0 Å². The number of nitrogens with one attached hydrogen (secondary N) is 1. The Bertz CT molecular complexity index is 391. The van der Waals surface area contributed by atoms with E-state index in [0.717, 1.165) is 5.75 Å². The Morgan fingerprint density at radius 2 is 1.91 bits per heavy atom. The molecule has 0 aliphatic heterocycles. The first-order chi connectivity index (χ1) is 10.8. The summed E-state index contributed by atoms with van der Waals surface area (Å²) in [5, 5.41) is 5.60. The molecule has 0 bridgehead atoms. The summed E-state index contributed by atoms with van der Waals surface area (Å²) >= 11 is 1.59. The van der Waals surface area contributed by atoms with E-state index in [1.807, 2.05) is 20.1 Å². The normalized spacial score (nSPS) is 13.6. The number of thioether (sulfide) groups is 1. The largest absolute Gasteiger partial charge is 0.464 e. The Balaban J connectivity index is 5.15. The number of amides is 2. The topological polar surface area (TPSA) is 79.0 Å². The average Bonchev–Trinajstić information content (AvgIpc) is 2.47. The number of esters is 1. The fraction of sp³-hybridized carbons (Fsp3) is 0.800. The smallest absolute Gasteiger partial charge is 0.328 e. The monoisotopic (exact) mass is 347 g/mol. The molecule has 0 radical (unpaired) electrons. The third-order valence-corrected chi connectivity index (χ3v) is 3.90. The van der Waals surface area contributed by atoms with Crippen LogP contribution in [-0.2, 0) is 19.1 Å². The molecule has 0 aliphatic carbocycles. The fourth-order valence-corrected chi connectivity index (χ4v) is 2.59. The molecule has 8 heteroatoms. The number of rotatable bonds is 11. The second kappa shape index (κ2) is 11.3. The van der Waals surface area contributed by atoms with Crippen molar-refractivity contribution in [2.24, 2.45) is 5.92 Å². The number of nitrogens with zero attached hydrogens (tertiary/aromatic N) is 2. The van der Waals surface area contributed by atoms with Gasteiger partial charge in [-0.1, -0.05) is 13.8 Å². The second-order valence-corrected chi connectivity index (χ2v) is 6.60. The van der Waals surface area contributed by atoms with Crippen LogP contribution < -0.4 is 5.32 Å². The van der Waals surface area contributed by atoms with Gasteiger partial charge < -0.3 is 10.1 Å². The predicted molar refractivity (Wildman–Crippen MR) is 91.8 cm³/mol. The molecule has 0 aromatic carbocycles. The van der Waals surface area contributed by atoms with E-state index in [-0.39, 0.29) is 18.4 Å². The van der Waals surface area contributed by atoms with Crippen LogP contribution in [0.1, 0.15) is 27.2 Å². The third kappa shape index (κ3) is 7.22. The molecule has 0 unspecified atom stereocenters. The maximum atomic E-state index is 12.6. The summed E-state index contributed by atoms with van der Waals surface area (Å²) in [6.07, 6.45) is 3.03. The van der Waals surface area contributed by atoms with Crippen molar-refractivity contribution >= 4 is 30.0 Å². The Morgan fingerprint density at radius 3 is 2.30 bits per heavy atom. The number of carbonyl (C=O) groups excluding carboxylic acids is 3. The van der Waals surface area contributed by atoms with E-state index in [0.29, 0.717) is 12.8 Å².